The largest absolute Gasteiger partial charge is 0.394 e. The number of nitrogens with one attached hydrogen (secondary N) is 1. The summed E-state index contributed by atoms with van der Waals surface area (Å²) in [5, 5.41) is 13.1. The first-order chi connectivity index (χ1) is 7.86. The van der Waals surface area contributed by atoms with Crippen LogP contribution in [0.2, 0.25) is 0 Å². The van der Waals surface area contributed by atoms with Gasteiger partial charge in [0.05, 0.1) is 12.1 Å². The van der Waals surface area contributed by atoms with Crippen LogP contribution in [-0.4, -0.2) is 47.8 Å². The lowest BCUT2D eigenvalue weighted by Crippen LogP contribution is -2.56. The second-order valence-corrected chi connectivity index (χ2v) is 5.86. The van der Waals surface area contributed by atoms with Gasteiger partial charge in [-0.15, -0.1) is 0 Å². The molecule has 0 radical (unpaired) electrons. The van der Waals surface area contributed by atoms with Gasteiger partial charge in [0.25, 0.3) is 0 Å². The fourth-order valence-electron chi connectivity index (χ4n) is 2.21. The highest BCUT2D eigenvalue weighted by Gasteiger charge is 2.26. The molecule has 0 aliphatic rings. The molecule has 0 aromatic heterocycles. The van der Waals surface area contributed by atoms with Crippen molar-refractivity contribution in [2.24, 2.45) is 5.92 Å². The minimum absolute atomic E-state index is 0.183. The van der Waals surface area contributed by atoms with Crippen molar-refractivity contribution in [2.75, 3.05) is 26.2 Å². The highest BCUT2D eigenvalue weighted by molar-refractivity contribution is 4.87. The van der Waals surface area contributed by atoms with Crippen molar-refractivity contribution in [1.29, 1.82) is 0 Å². The minimum atomic E-state index is -0.197. The average Bonchev–Trinajstić information content (AvgIpc) is 2.26. The molecule has 0 saturated carbocycles. The van der Waals surface area contributed by atoms with Gasteiger partial charge in [-0.25, -0.2) is 0 Å². The van der Waals surface area contributed by atoms with Crippen LogP contribution < -0.4 is 5.32 Å². The molecule has 3 heteroatoms. The number of aliphatic hydroxyl groups is 1. The Morgan fingerprint density at radius 1 is 1.24 bits per heavy atom. The smallest absolute Gasteiger partial charge is 0.0623 e. The molecule has 3 nitrogen and oxygen atoms in total. The summed E-state index contributed by atoms with van der Waals surface area (Å²) < 4.78 is 0. The summed E-state index contributed by atoms with van der Waals surface area (Å²) >= 11 is 0. The first-order valence-electron chi connectivity index (χ1n) is 6.97. The van der Waals surface area contributed by atoms with Crippen molar-refractivity contribution in [3.8, 4) is 0 Å². The lowest BCUT2D eigenvalue weighted by atomic mass is 10.00. The molecule has 0 spiro atoms. The monoisotopic (exact) mass is 244 g/mol. The molecule has 0 aliphatic carbocycles. The lowest BCUT2D eigenvalue weighted by Gasteiger charge is -2.37. The van der Waals surface area contributed by atoms with E-state index in [-0.39, 0.29) is 12.1 Å². The van der Waals surface area contributed by atoms with E-state index in [1.54, 1.807) is 0 Å². The van der Waals surface area contributed by atoms with E-state index in [2.05, 4.69) is 51.8 Å². The Morgan fingerprint density at radius 2 is 1.82 bits per heavy atom. The fourth-order valence-corrected chi connectivity index (χ4v) is 2.21. The average molecular weight is 244 g/mol. The Morgan fingerprint density at radius 3 is 2.18 bits per heavy atom. The highest BCUT2D eigenvalue weighted by Crippen LogP contribution is 2.11. The molecule has 0 bridgehead atoms. The molecule has 2 N–H and O–H groups in total. The number of aliphatic hydroxyl groups excluding tert-OH is 1. The third-order valence-electron chi connectivity index (χ3n) is 3.27. The molecule has 0 heterocycles. The van der Waals surface area contributed by atoms with E-state index in [9.17, 15) is 5.11 Å². The van der Waals surface area contributed by atoms with Crippen molar-refractivity contribution < 1.29 is 5.11 Å². The van der Waals surface area contributed by atoms with E-state index < -0.39 is 0 Å². The Labute approximate surface area is 108 Å². The van der Waals surface area contributed by atoms with E-state index in [1.807, 2.05) is 0 Å². The van der Waals surface area contributed by atoms with Crippen LogP contribution in [-0.2, 0) is 0 Å². The van der Waals surface area contributed by atoms with Crippen LogP contribution in [0.4, 0.5) is 0 Å². The Kier molecular flexibility index (Phi) is 8.01. The predicted octanol–water partition coefficient (Wildman–Crippen LogP) is 2.10. The SMILES string of the molecule is CCC(C)CN(CC)CC(C)(CO)NC(C)C. The first kappa shape index (κ1) is 16.9. The van der Waals surface area contributed by atoms with E-state index in [0.29, 0.717) is 6.04 Å². The molecule has 17 heavy (non-hydrogen) atoms. The lowest BCUT2D eigenvalue weighted by molar-refractivity contribution is 0.108. The molecule has 0 aliphatic heterocycles. The summed E-state index contributed by atoms with van der Waals surface area (Å²) in [6, 6.07) is 0.398. The van der Waals surface area contributed by atoms with Gasteiger partial charge in [-0.05, 0) is 19.4 Å². The van der Waals surface area contributed by atoms with Crippen LogP contribution in [0, 0.1) is 5.92 Å². The fraction of sp³-hybridized carbons (Fsp3) is 1.00. The van der Waals surface area contributed by atoms with E-state index in [4.69, 9.17) is 0 Å². The third-order valence-corrected chi connectivity index (χ3v) is 3.27. The van der Waals surface area contributed by atoms with Gasteiger partial charge in [-0.3, -0.25) is 0 Å². The highest BCUT2D eigenvalue weighted by atomic mass is 16.3. The molecular weight excluding hydrogens is 212 g/mol. The maximum Gasteiger partial charge on any atom is 0.0623 e. The number of nitrogens with zero attached hydrogens (tertiary/aromatic N) is 1. The normalized spacial score (nSPS) is 17.5. The van der Waals surface area contributed by atoms with Crippen LogP contribution >= 0.6 is 0 Å². The van der Waals surface area contributed by atoms with Gasteiger partial charge >= 0.3 is 0 Å². The zero-order valence-electron chi connectivity index (χ0n) is 12.6. The summed E-state index contributed by atoms with van der Waals surface area (Å²) in [7, 11) is 0. The van der Waals surface area contributed by atoms with Crippen LogP contribution in [0.3, 0.4) is 0 Å². The summed E-state index contributed by atoms with van der Waals surface area (Å²) in [5.74, 6) is 0.719. The van der Waals surface area contributed by atoms with Gasteiger partial charge in [0.1, 0.15) is 0 Å². The van der Waals surface area contributed by atoms with Crippen LogP contribution in [0.5, 0.6) is 0 Å². The maximum absolute atomic E-state index is 9.58. The van der Waals surface area contributed by atoms with Gasteiger partial charge in [-0.2, -0.15) is 0 Å². The molecule has 0 aromatic rings. The molecule has 2 atom stereocenters. The van der Waals surface area contributed by atoms with Crippen molar-refractivity contribution in [3.05, 3.63) is 0 Å². The van der Waals surface area contributed by atoms with Gasteiger partial charge in [0.15, 0.2) is 0 Å². The zero-order chi connectivity index (χ0) is 13.5. The van der Waals surface area contributed by atoms with Crippen molar-refractivity contribution >= 4 is 0 Å². The van der Waals surface area contributed by atoms with Crippen LogP contribution in [0.25, 0.3) is 0 Å². The third kappa shape index (κ3) is 7.02. The summed E-state index contributed by atoms with van der Waals surface area (Å²) in [4.78, 5) is 2.43. The van der Waals surface area contributed by atoms with Gasteiger partial charge < -0.3 is 15.3 Å². The molecule has 2 unspecified atom stereocenters. The van der Waals surface area contributed by atoms with Gasteiger partial charge in [-0.1, -0.05) is 41.0 Å². The molecule has 0 aromatic carbocycles. The molecule has 0 rings (SSSR count). The second kappa shape index (κ2) is 8.06. The van der Waals surface area contributed by atoms with E-state index in [1.165, 1.54) is 6.42 Å². The maximum atomic E-state index is 9.58. The van der Waals surface area contributed by atoms with Crippen molar-refractivity contribution in [1.82, 2.24) is 10.2 Å². The molecular formula is C14H32N2O. The predicted molar refractivity (Wildman–Crippen MR) is 75.3 cm³/mol. The molecule has 0 saturated heterocycles. The molecule has 0 fully saturated rings. The number of hydrogen-bond donors (Lipinski definition) is 2. The quantitative estimate of drug-likeness (QED) is 0.652. The Balaban J connectivity index is 4.39. The Bertz CT molecular complexity index is 197. The number of hydrogen-bond acceptors (Lipinski definition) is 3. The minimum Gasteiger partial charge on any atom is -0.394 e. The van der Waals surface area contributed by atoms with E-state index >= 15 is 0 Å². The van der Waals surface area contributed by atoms with Gasteiger partial charge in [0.2, 0.25) is 0 Å². The summed E-state index contributed by atoms with van der Waals surface area (Å²) in [5.41, 5.74) is -0.197. The van der Waals surface area contributed by atoms with Gasteiger partial charge in [0, 0.05) is 19.1 Å². The summed E-state index contributed by atoms with van der Waals surface area (Å²) in [6.45, 7) is 16.3. The van der Waals surface area contributed by atoms with E-state index in [0.717, 1.165) is 25.6 Å². The molecule has 104 valence electrons. The van der Waals surface area contributed by atoms with Crippen LogP contribution in [0.1, 0.15) is 48.0 Å². The topological polar surface area (TPSA) is 35.5 Å². The van der Waals surface area contributed by atoms with Crippen LogP contribution in [0.15, 0.2) is 0 Å². The number of rotatable bonds is 9. The zero-order valence-corrected chi connectivity index (χ0v) is 12.6. The Hall–Kier alpha value is -0.120. The van der Waals surface area contributed by atoms with Crippen molar-refractivity contribution in [2.45, 2.75) is 59.5 Å². The van der Waals surface area contributed by atoms with Crippen molar-refractivity contribution in [3.63, 3.8) is 0 Å². The standard InChI is InChI=1S/C14H32N2O/c1-7-13(5)9-16(8-2)10-14(6,11-17)15-12(3)4/h12-13,15,17H,7-11H2,1-6H3. The summed E-state index contributed by atoms with van der Waals surface area (Å²) in [6.07, 6.45) is 1.21. The molecule has 0 amide bonds. The number of likely N-dealkylation sites (N-methyl/N-ethyl adjacent to an activating group) is 1. The second-order valence-electron chi connectivity index (χ2n) is 5.86. The first-order valence-corrected chi connectivity index (χ1v) is 6.97.